The lowest BCUT2D eigenvalue weighted by Gasteiger charge is -2.13. The summed E-state index contributed by atoms with van der Waals surface area (Å²) in [6.45, 7) is 0.820. The first-order valence-corrected chi connectivity index (χ1v) is 5.87. The second-order valence-corrected chi connectivity index (χ2v) is 4.43. The molecule has 0 aromatic carbocycles. The minimum atomic E-state index is -3.03. The highest BCUT2D eigenvalue weighted by molar-refractivity contribution is 5.76. The number of alkyl halides is 2. The van der Waals surface area contributed by atoms with Crippen LogP contribution in [0.4, 0.5) is 18.0 Å². The van der Waals surface area contributed by atoms with Crippen molar-refractivity contribution in [2.75, 3.05) is 0 Å². The van der Waals surface area contributed by atoms with Gasteiger partial charge in [0.2, 0.25) is 0 Å². The summed E-state index contributed by atoms with van der Waals surface area (Å²) >= 11 is 0. The Morgan fingerprint density at radius 1 is 1.55 bits per heavy atom. The molecule has 20 heavy (non-hydrogen) atoms. The molecule has 0 saturated carbocycles. The molecule has 106 valence electrons. The van der Waals surface area contributed by atoms with Crippen LogP contribution in [0.25, 0.3) is 0 Å². The van der Waals surface area contributed by atoms with E-state index in [4.69, 9.17) is 0 Å². The lowest BCUT2D eigenvalue weighted by Crippen LogP contribution is -2.35. The molecule has 1 heterocycles. The van der Waals surface area contributed by atoms with Crippen molar-refractivity contribution >= 4 is 6.03 Å². The van der Waals surface area contributed by atoms with Gasteiger partial charge in [-0.1, -0.05) is 5.73 Å². The van der Waals surface area contributed by atoms with E-state index >= 15 is 0 Å². The fraction of sp³-hybridized carbons (Fsp3) is 0.308. The summed E-state index contributed by atoms with van der Waals surface area (Å²) in [7, 11) is 0. The van der Waals surface area contributed by atoms with E-state index in [0.717, 1.165) is 6.92 Å². The number of pyridine rings is 1. The maximum absolute atomic E-state index is 13.1. The summed E-state index contributed by atoms with van der Waals surface area (Å²) in [5, 5.41) is 4.87. The van der Waals surface area contributed by atoms with Gasteiger partial charge in [0, 0.05) is 19.7 Å². The Hall–Kier alpha value is -2.27. The van der Waals surface area contributed by atoms with Crippen LogP contribution in [0.5, 0.6) is 0 Å². The van der Waals surface area contributed by atoms with Gasteiger partial charge in [0.05, 0.1) is 12.1 Å². The third kappa shape index (κ3) is 3.61. The van der Waals surface area contributed by atoms with Gasteiger partial charge >= 0.3 is 6.03 Å². The van der Waals surface area contributed by atoms with E-state index in [-0.39, 0.29) is 18.7 Å². The highest BCUT2D eigenvalue weighted by Crippen LogP contribution is 2.25. The van der Waals surface area contributed by atoms with Crippen LogP contribution in [0, 0.1) is 0 Å². The molecule has 0 aliphatic heterocycles. The zero-order valence-corrected chi connectivity index (χ0v) is 10.6. The van der Waals surface area contributed by atoms with Gasteiger partial charge in [0.25, 0.3) is 5.92 Å². The Morgan fingerprint density at radius 3 is 2.85 bits per heavy atom. The van der Waals surface area contributed by atoms with Crippen LogP contribution in [0.1, 0.15) is 24.6 Å². The zero-order valence-electron chi connectivity index (χ0n) is 10.6. The number of hydrogen-bond donors (Lipinski definition) is 2. The van der Waals surface area contributed by atoms with E-state index in [0.29, 0.717) is 11.3 Å². The third-order valence-corrected chi connectivity index (χ3v) is 2.61. The normalized spacial score (nSPS) is 14.0. The lowest BCUT2D eigenvalue weighted by atomic mass is 10.1. The van der Waals surface area contributed by atoms with Gasteiger partial charge < -0.3 is 10.6 Å². The molecule has 0 atom stereocenters. The summed E-state index contributed by atoms with van der Waals surface area (Å²) in [4.78, 5) is 15.0. The van der Waals surface area contributed by atoms with Gasteiger partial charge in [-0.15, -0.1) is 0 Å². The minimum Gasteiger partial charge on any atom is -0.334 e. The van der Waals surface area contributed by atoms with Gasteiger partial charge in [-0.25, -0.2) is 9.18 Å². The van der Waals surface area contributed by atoms with Crippen molar-refractivity contribution in [2.24, 2.45) is 0 Å². The number of carbonyl (C=O) groups is 1. The molecule has 2 amide bonds. The van der Waals surface area contributed by atoms with Crippen LogP contribution in [-0.2, 0) is 12.5 Å². The SMILES string of the molecule is CC(F)(F)c1cc(CNC(=O)NC2=C=C(F)C2)ccn1. The van der Waals surface area contributed by atoms with E-state index in [1.165, 1.54) is 18.3 Å². The first kappa shape index (κ1) is 14.1. The Morgan fingerprint density at radius 2 is 2.25 bits per heavy atom. The fourth-order valence-electron chi connectivity index (χ4n) is 1.56. The Bertz CT molecular complexity index is 601. The maximum atomic E-state index is 13.1. The average molecular weight is 283 g/mol. The predicted octanol–water partition coefficient (Wildman–Crippen LogP) is 2.73. The monoisotopic (exact) mass is 283 g/mol. The Kier molecular flexibility index (Phi) is 3.81. The van der Waals surface area contributed by atoms with Gasteiger partial charge in [-0.2, -0.15) is 8.78 Å². The zero-order chi connectivity index (χ0) is 14.8. The standard InChI is InChI=1S/C13H12F3N3O/c1-13(15,16)11-4-8(2-3-17-11)7-18-12(20)19-10-5-9(14)6-10/h2-4H,5,7H2,1H3,(H2,18,19,20). The minimum absolute atomic E-state index is 0.0505. The van der Waals surface area contributed by atoms with Crippen LogP contribution in [0.15, 0.2) is 35.6 Å². The van der Waals surface area contributed by atoms with E-state index in [1.807, 2.05) is 0 Å². The number of halogens is 3. The van der Waals surface area contributed by atoms with Gasteiger partial charge in [-0.3, -0.25) is 4.98 Å². The molecule has 2 rings (SSSR count). The molecule has 0 bridgehead atoms. The van der Waals surface area contributed by atoms with E-state index < -0.39 is 17.8 Å². The van der Waals surface area contributed by atoms with Crippen molar-refractivity contribution in [3.63, 3.8) is 0 Å². The van der Waals surface area contributed by atoms with Gasteiger partial charge in [-0.05, 0) is 17.7 Å². The Labute approximate surface area is 113 Å². The molecule has 1 aromatic heterocycles. The maximum Gasteiger partial charge on any atom is 0.319 e. The molecule has 7 heteroatoms. The molecular weight excluding hydrogens is 271 g/mol. The first-order chi connectivity index (χ1) is 9.34. The van der Waals surface area contributed by atoms with Crippen LogP contribution in [0.2, 0.25) is 0 Å². The third-order valence-electron chi connectivity index (χ3n) is 2.61. The van der Waals surface area contributed by atoms with Crippen LogP contribution >= 0.6 is 0 Å². The molecule has 1 aliphatic rings. The van der Waals surface area contributed by atoms with Crippen LogP contribution in [0.3, 0.4) is 0 Å². The Balaban J connectivity index is 1.91. The molecule has 0 unspecified atom stereocenters. The second kappa shape index (κ2) is 5.38. The van der Waals surface area contributed by atoms with Crippen molar-refractivity contribution in [2.45, 2.75) is 25.8 Å². The second-order valence-electron chi connectivity index (χ2n) is 4.43. The van der Waals surface area contributed by atoms with E-state index in [9.17, 15) is 18.0 Å². The van der Waals surface area contributed by atoms with Crippen molar-refractivity contribution in [3.8, 4) is 0 Å². The molecule has 4 nitrogen and oxygen atoms in total. The van der Waals surface area contributed by atoms with Crippen molar-refractivity contribution in [1.82, 2.24) is 15.6 Å². The number of aromatic nitrogens is 1. The largest absolute Gasteiger partial charge is 0.334 e. The molecule has 2 N–H and O–H groups in total. The molecular formula is C13H12F3N3O. The quantitative estimate of drug-likeness (QED) is 0.835. The number of amides is 2. The van der Waals surface area contributed by atoms with E-state index in [1.54, 1.807) is 0 Å². The number of hydrogen-bond acceptors (Lipinski definition) is 2. The lowest BCUT2D eigenvalue weighted by molar-refractivity contribution is 0.0127. The molecule has 1 aromatic rings. The topological polar surface area (TPSA) is 54.0 Å². The van der Waals surface area contributed by atoms with Gasteiger partial charge in [0.1, 0.15) is 5.69 Å². The average Bonchev–Trinajstić information content (AvgIpc) is 2.34. The summed E-state index contributed by atoms with van der Waals surface area (Å²) in [6.07, 6.45) is 1.31. The predicted molar refractivity (Wildman–Crippen MR) is 65.4 cm³/mol. The van der Waals surface area contributed by atoms with Gasteiger partial charge in [0.15, 0.2) is 5.83 Å². The highest BCUT2D eigenvalue weighted by atomic mass is 19.3. The number of nitrogens with zero attached hydrogens (tertiary/aromatic N) is 1. The fourth-order valence-corrected chi connectivity index (χ4v) is 1.56. The van der Waals surface area contributed by atoms with Crippen molar-refractivity contribution in [3.05, 3.63) is 46.8 Å². The molecule has 0 spiro atoms. The number of nitrogens with one attached hydrogen (secondary N) is 2. The summed E-state index contributed by atoms with van der Waals surface area (Å²) in [6, 6.07) is 2.21. The molecule has 0 radical (unpaired) electrons. The van der Waals surface area contributed by atoms with Crippen LogP contribution in [-0.4, -0.2) is 11.0 Å². The molecule has 1 aliphatic carbocycles. The first-order valence-electron chi connectivity index (χ1n) is 5.87. The molecule has 0 fully saturated rings. The van der Waals surface area contributed by atoms with Crippen LogP contribution < -0.4 is 10.6 Å². The summed E-state index contributed by atoms with van der Waals surface area (Å²) < 4.78 is 38.5. The smallest absolute Gasteiger partial charge is 0.319 e. The van der Waals surface area contributed by atoms with E-state index in [2.05, 4.69) is 21.3 Å². The van der Waals surface area contributed by atoms with Crippen molar-refractivity contribution < 1.29 is 18.0 Å². The van der Waals surface area contributed by atoms with Crippen molar-refractivity contribution in [1.29, 1.82) is 0 Å². The number of urea groups is 1. The number of rotatable bonds is 4. The molecule has 0 saturated heterocycles. The summed E-state index contributed by atoms with van der Waals surface area (Å²) in [5.41, 5.74) is 2.78. The number of carbonyl (C=O) groups excluding carboxylic acids is 1. The summed E-state index contributed by atoms with van der Waals surface area (Å²) in [5.74, 6) is -3.44. The highest BCUT2D eigenvalue weighted by Gasteiger charge is 2.26.